The van der Waals surface area contributed by atoms with E-state index < -0.39 is 8.07 Å². The fourth-order valence-corrected chi connectivity index (χ4v) is 4.11. The third-order valence-corrected chi connectivity index (χ3v) is 6.78. The molecule has 1 nitrogen and oxygen atoms in total. The maximum Gasteiger partial charge on any atom is 0.0991 e. The molecule has 0 amide bonds. The van der Waals surface area contributed by atoms with Crippen molar-refractivity contribution < 1.29 is 5.11 Å². The molecule has 0 aliphatic rings. The van der Waals surface area contributed by atoms with Gasteiger partial charge in [-0.3, -0.25) is 0 Å². The lowest BCUT2D eigenvalue weighted by molar-refractivity contribution is 0.302. The average Bonchev–Trinajstić information content (AvgIpc) is 2.27. The van der Waals surface area contributed by atoms with Crippen molar-refractivity contribution in [2.45, 2.75) is 25.6 Å². The van der Waals surface area contributed by atoms with Gasteiger partial charge in [0, 0.05) is 5.54 Å². The second-order valence-electron chi connectivity index (χ2n) is 4.22. The molecule has 2 heteroatoms. The summed E-state index contributed by atoms with van der Waals surface area (Å²) in [5.74, 6) is 6.05. The normalized spacial score (nSPS) is 12.8. The lowest BCUT2D eigenvalue weighted by Gasteiger charge is -2.28. The Labute approximate surface area is 93.2 Å². The Morgan fingerprint density at radius 3 is 2.33 bits per heavy atom. The van der Waals surface area contributed by atoms with Gasteiger partial charge in [-0.05, 0) is 6.92 Å². The van der Waals surface area contributed by atoms with E-state index in [1.54, 1.807) is 0 Å². The zero-order chi connectivity index (χ0) is 11.3. The van der Waals surface area contributed by atoms with Crippen LogP contribution in [0.25, 0.3) is 0 Å². The Bertz CT molecular complexity index is 359. The highest BCUT2D eigenvalue weighted by Crippen LogP contribution is 2.20. The Kier molecular flexibility index (Phi) is 4.13. The fraction of sp³-hybridized carbons (Fsp3) is 0.385. The number of aliphatic hydroxyl groups excluding tert-OH is 1. The Morgan fingerprint density at radius 2 is 1.87 bits per heavy atom. The molecular weight excluding hydrogens is 200 g/mol. The Morgan fingerprint density at radius 1 is 1.27 bits per heavy atom. The van der Waals surface area contributed by atoms with E-state index in [1.807, 2.05) is 13.0 Å². The monoisotopic (exact) mass is 218 g/mol. The molecule has 0 bridgehead atoms. The predicted octanol–water partition coefficient (Wildman–Crippen LogP) is 1.99. The zero-order valence-electron chi connectivity index (χ0n) is 9.62. The Balaban J connectivity index is 3.03. The van der Waals surface area contributed by atoms with E-state index in [2.05, 4.69) is 49.2 Å². The van der Waals surface area contributed by atoms with Gasteiger partial charge in [0.1, 0.15) is 0 Å². The molecule has 1 rings (SSSR count). The molecule has 1 aromatic carbocycles. The number of hydrogen-bond donors (Lipinski definition) is 1. The standard InChI is InChI=1S/C13H18OSi/c1-4-8-13(11-14)15(2,3)12-9-6-5-7-10-12/h5-7,9-10,13-14H,11H2,1-3H3. The highest BCUT2D eigenvalue weighted by Gasteiger charge is 2.31. The second kappa shape index (κ2) is 5.15. The smallest absolute Gasteiger partial charge is 0.0991 e. The quantitative estimate of drug-likeness (QED) is 0.607. The van der Waals surface area contributed by atoms with Crippen LogP contribution >= 0.6 is 0 Å². The van der Waals surface area contributed by atoms with Crippen LogP contribution in [0.15, 0.2) is 30.3 Å². The number of aliphatic hydroxyl groups is 1. The summed E-state index contributed by atoms with van der Waals surface area (Å²) >= 11 is 0. The summed E-state index contributed by atoms with van der Waals surface area (Å²) in [7, 11) is -1.65. The lowest BCUT2D eigenvalue weighted by Crippen LogP contribution is -2.46. The minimum Gasteiger partial charge on any atom is -0.395 e. The molecule has 0 aliphatic heterocycles. The van der Waals surface area contributed by atoms with Crippen LogP contribution < -0.4 is 5.19 Å². The average molecular weight is 218 g/mol. The molecule has 0 heterocycles. The first kappa shape index (κ1) is 12.0. The second-order valence-corrected chi connectivity index (χ2v) is 8.93. The summed E-state index contributed by atoms with van der Waals surface area (Å²) in [4.78, 5) is 0. The van der Waals surface area contributed by atoms with Crippen molar-refractivity contribution in [1.29, 1.82) is 0 Å². The van der Waals surface area contributed by atoms with Gasteiger partial charge in [-0.1, -0.05) is 48.6 Å². The van der Waals surface area contributed by atoms with Crippen LogP contribution in [0.2, 0.25) is 18.6 Å². The van der Waals surface area contributed by atoms with Crippen molar-refractivity contribution in [3.05, 3.63) is 30.3 Å². The van der Waals surface area contributed by atoms with Crippen molar-refractivity contribution in [2.75, 3.05) is 6.61 Å². The van der Waals surface area contributed by atoms with Crippen LogP contribution in [-0.4, -0.2) is 19.8 Å². The van der Waals surface area contributed by atoms with E-state index in [-0.39, 0.29) is 12.1 Å². The molecule has 1 aromatic rings. The molecule has 1 atom stereocenters. The largest absolute Gasteiger partial charge is 0.395 e. The van der Waals surface area contributed by atoms with Crippen LogP contribution in [-0.2, 0) is 0 Å². The molecule has 0 aliphatic carbocycles. The van der Waals surface area contributed by atoms with E-state index >= 15 is 0 Å². The van der Waals surface area contributed by atoms with Crippen molar-refractivity contribution in [3.63, 3.8) is 0 Å². The molecule has 0 spiro atoms. The highest BCUT2D eigenvalue weighted by atomic mass is 28.3. The van der Waals surface area contributed by atoms with Gasteiger partial charge in [-0.2, -0.15) is 0 Å². The third-order valence-electron chi connectivity index (χ3n) is 2.89. The zero-order valence-corrected chi connectivity index (χ0v) is 10.6. The summed E-state index contributed by atoms with van der Waals surface area (Å²) in [5, 5.41) is 10.7. The third kappa shape index (κ3) is 2.71. The first-order valence-corrected chi connectivity index (χ1v) is 8.29. The number of rotatable bonds is 3. The summed E-state index contributed by atoms with van der Waals surface area (Å²) in [6, 6.07) is 10.4. The van der Waals surface area contributed by atoms with Gasteiger partial charge < -0.3 is 5.11 Å². The molecule has 80 valence electrons. The molecule has 0 saturated heterocycles. The molecular formula is C13H18OSi. The number of benzene rings is 1. The first-order chi connectivity index (χ1) is 7.12. The van der Waals surface area contributed by atoms with E-state index in [0.29, 0.717) is 0 Å². The predicted molar refractivity (Wildman–Crippen MR) is 67.8 cm³/mol. The van der Waals surface area contributed by atoms with E-state index in [4.69, 9.17) is 0 Å². The molecule has 0 fully saturated rings. The van der Waals surface area contributed by atoms with Crippen molar-refractivity contribution in [1.82, 2.24) is 0 Å². The van der Waals surface area contributed by atoms with Gasteiger partial charge in [0.05, 0.1) is 14.7 Å². The van der Waals surface area contributed by atoms with Gasteiger partial charge in [-0.15, -0.1) is 11.8 Å². The van der Waals surface area contributed by atoms with Crippen molar-refractivity contribution >= 4 is 13.3 Å². The van der Waals surface area contributed by atoms with Gasteiger partial charge >= 0.3 is 0 Å². The van der Waals surface area contributed by atoms with Crippen LogP contribution in [0, 0.1) is 11.8 Å². The van der Waals surface area contributed by atoms with Crippen LogP contribution in [0.3, 0.4) is 0 Å². The van der Waals surface area contributed by atoms with Gasteiger partial charge in [0.15, 0.2) is 0 Å². The van der Waals surface area contributed by atoms with Gasteiger partial charge in [0.2, 0.25) is 0 Å². The first-order valence-electron chi connectivity index (χ1n) is 5.21. The molecule has 1 unspecified atom stereocenters. The van der Waals surface area contributed by atoms with Gasteiger partial charge in [-0.25, -0.2) is 0 Å². The van der Waals surface area contributed by atoms with Crippen molar-refractivity contribution in [3.8, 4) is 11.8 Å². The number of hydrogen-bond acceptors (Lipinski definition) is 1. The molecule has 1 N–H and O–H groups in total. The van der Waals surface area contributed by atoms with E-state index in [9.17, 15) is 5.11 Å². The summed E-state index contributed by atoms with van der Waals surface area (Å²) in [5.41, 5.74) is 0.130. The molecule has 15 heavy (non-hydrogen) atoms. The molecule has 0 aromatic heterocycles. The van der Waals surface area contributed by atoms with Crippen LogP contribution in [0.1, 0.15) is 6.92 Å². The fourth-order valence-electron chi connectivity index (χ4n) is 1.70. The molecule has 0 saturated carbocycles. The maximum absolute atomic E-state index is 9.39. The Hall–Kier alpha value is -1.04. The van der Waals surface area contributed by atoms with E-state index in [1.165, 1.54) is 5.19 Å². The van der Waals surface area contributed by atoms with Crippen LogP contribution in [0.4, 0.5) is 0 Å². The summed E-state index contributed by atoms with van der Waals surface area (Å²) < 4.78 is 0. The van der Waals surface area contributed by atoms with Crippen molar-refractivity contribution in [2.24, 2.45) is 0 Å². The van der Waals surface area contributed by atoms with E-state index in [0.717, 1.165) is 0 Å². The topological polar surface area (TPSA) is 20.2 Å². The highest BCUT2D eigenvalue weighted by molar-refractivity contribution is 6.91. The summed E-state index contributed by atoms with van der Waals surface area (Å²) in [6.45, 7) is 6.51. The minimum absolute atomic E-state index is 0.130. The van der Waals surface area contributed by atoms with Gasteiger partial charge in [0.25, 0.3) is 0 Å². The maximum atomic E-state index is 9.39. The summed E-state index contributed by atoms with van der Waals surface area (Å²) in [6.07, 6.45) is 0. The molecule has 0 radical (unpaired) electrons. The lowest BCUT2D eigenvalue weighted by atomic mass is 10.4. The SMILES string of the molecule is CC#CC(CO)[Si](C)(C)c1ccccc1. The van der Waals surface area contributed by atoms with Crippen LogP contribution in [0.5, 0.6) is 0 Å². The minimum atomic E-state index is -1.65.